The second-order valence-corrected chi connectivity index (χ2v) is 7.28. The van der Waals surface area contributed by atoms with E-state index in [4.69, 9.17) is 0 Å². The van der Waals surface area contributed by atoms with Gasteiger partial charge in [0.1, 0.15) is 5.69 Å². The van der Waals surface area contributed by atoms with Gasteiger partial charge in [0.15, 0.2) is 0 Å². The van der Waals surface area contributed by atoms with Gasteiger partial charge in [0.25, 0.3) is 0 Å². The van der Waals surface area contributed by atoms with E-state index in [-0.39, 0.29) is 0 Å². The SMILES string of the molecule is Cn1cc(-c2ccc3[nH]nc(-c4cc5c(-c6ccccn6)cncc5[nH]4)c3c2)cn1. The van der Waals surface area contributed by atoms with Gasteiger partial charge in [0, 0.05) is 47.5 Å². The molecule has 0 saturated carbocycles. The van der Waals surface area contributed by atoms with Gasteiger partial charge < -0.3 is 4.98 Å². The molecule has 0 amide bonds. The highest BCUT2D eigenvalue weighted by Gasteiger charge is 2.15. The number of fused-ring (bicyclic) bond motifs is 2. The number of hydrogen-bond donors (Lipinski definition) is 2. The third kappa shape index (κ3) is 2.60. The molecule has 7 nitrogen and oxygen atoms in total. The third-order valence-electron chi connectivity index (χ3n) is 5.34. The normalized spacial score (nSPS) is 11.5. The summed E-state index contributed by atoms with van der Waals surface area (Å²) in [5.41, 5.74) is 7.81. The first-order chi connectivity index (χ1) is 14.8. The number of rotatable bonds is 3. The fraction of sp³-hybridized carbons (Fsp3) is 0.0435. The van der Waals surface area contributed by atoms with E-state index >= 15 is 0 Å². The van der Waals surface area contributed by atoms with E-state index in [1.807, 2.05) is 50.0 Å². The van der Waals surface area contributed by atoms with Crippen molar-refractivity contribution in [1.82, 2.24) is 34.9 Å². The van der Waals surface area contributed by atoms with Crippen molar-refractivity contribution in [2.45, 2.75) is 0 Å². The topological polar surface area (TPSA) is 88.1 Å². The van der Waals surface area contributed by atoms with Crippen molar-refractivity contribution in [3.63, 3.8) is 0 Å². The molecule has 5 heterocycles. The quantitative estimate of drug-likeness (QED) is 0.463. The van der Waals surface area contributed by atoms with Crippen LogP contribution in [0.2, 0.25) is 0 Å². The number of pyridine rings is 2. The summed E-state index contributed by atoms with van der Waals surface area (Å²) in [5, 5.41) is 14.1. The van der Waals surface area contributed by atoms with Crippen LogP contribution in [0.3, 0.4) is 0 Å². The van der Waals surface area contributed by atoms with Gasteiger partial charge in [-0.15, -0.1) is 0 Å². The number of hydrogen-bond acceptors (Lipinski definition) is 4. The Bertz CT molecular complexity index is 1510. The molecule has 0 atom stereocenters. The van der Waals surface area contributed by atoms with Crippen molar-refractivity contribution in [3.05, 3.63) is 73.4 Å². The number of nitrogens with one attached hydrogen (secondary N) is 2. The minimum atomic E-state index is 0.874. The van der Waals surface area contributed by atoms with Gasteiger partial charge in [-0.2, -0.15) is 10.2 Å². The van der Waals surface area contributed by atoms with E-state index in [1.54, 1.807) is 10.9 Å². The zero-order valence-electron chi connectivity index (χ0n) is 16.2. The molecule has 0 bridgehead atoms. The third-order valence-corrected chi connectivity index (χ3v) is 5.34. The number of nitrogens with zero attached hydrogens (tertiary/aromatic N) is 5. The van der Waals surface area contributed by atoms with Crippen LogP contribution in [0.1, 0.15) is 0 Å². The van der Waals surface area contributed by atoms with Crippen LogP contribution in [-0.2, 0) is 7.05 Å². The number of aryl methyl sites for hydroxylation is 1. The summed E-state index contributed by atoms with van der Waals surface area (Å²) < 4.78 is 1.81. The van der Waals surface area contributed by atoms with Crippen molar-refractivity contribution in [2.24, 2.45) is 7.05 Å². The summed E-state index contributed by atoms with van der Waals surface area (Å²) >= 11 is 0. The van der Waals surface area contributed by atoms with Crippen LogP contribution in [0.5, 0.6) is 0 Å². The maximum atomic E-state index is 4.59. The molecule has 2 N–H and O–H groups in total. The molecule has 0 aliphatic heterocycles. The van der Waals surface area contributed by atoms with Crippen molar-refractivity contribution in [1.29, 1.82) is 0 Å². The summed E-state index contributed by atoms with van der Waals surface area (Å²) in [7, 11) is 1.92. The van der Waals surface area contributed by atoms with E-state index < -0.39 is 0 Å². The van der Waals surface area contributed by atoms with Gasteiger partial charge in [0.05, 0.1) is 34.8 Å². The van der Waals surface area contributed by atoms with Crippen LogP contribution < -0.4 is 0 Å². The molecule has 6 aromatic rings. The molecular weight excluding hydrogens is 374 g/mol. The minimum absolute atomic E-state index is 0.874. The fourth-order valence-corrected chi connectivity index (χ4v) is 3.87. The van der Waals surface area contributed by atoms with Crippen molar-refractivity contribution in [2.75, 3.05) is 0 Å². The highest BCUT2D eigenvalue weighted by atomic mass is 15.2. The molecule has 30 heavy (non-hydrogen) atoms. The van der Waals surface area contributed by atoms with Gasteiger partial charge in [-0.05, 0) is 35.9 Å². The van der Waals surface area contributed by atoms with Crippen LogP contribution in [0, 0.1) is 0 Å². The molecule has 0 spiro atoms. The maximum absolute atomic E-state index is 4.59. The fourth-order valence-electron chi connectivity index (χ4n) is 3.87. The Balaban J connectivity index is 1.52. The van der Waals surface area contributed by atoms with Crippen LogP contribution in [0.25, 0.3) is 55.6 Å². The number of benzene rings is 1. The van der Waals surface area contributed by atoms with Gasteiger partial charge in [-0.3, -0.25) is 19.7 Å². The molecule has 0 unspecified atom stereocenters. The molecule has 0 aliphatic rings. The van der Waals surface area contributed by atoms with Crippen molar-refractivity contribution < 1.29 is 0 Å². The Labute approximate surface area is 171 Å². The number of H-pyrrole nitrogens is 2. The summed E-state index contributed by atoms with van der Waals surface area (Å²) in [5.74, 6) is 0. The lowest BCUT2D eigenvalue weighted by Gasteiger charge is -2.00. The Morgan fingerprint density at radius 3 is 2.70 bits per heavy atom. The molecule has 0 radical (unpaired) electrons. The molecule has 0 fully saturated rings. The van der Waals surface area contributed by atoms with E-state index in [1.165, 1.54) is 0 Å². The largest absolute Gasteiger partial charge is 0.352 e. The van der Waals surface area contributed by atoms with E-state index in [0.717, 1.165) is 55.6 Å². The highest BCUT2D eigenvalue weighted by Crippen LogP contribution is 2.34. The molecule has 144 valence electrons. The molecule has 5 aromatic heterocycles. The van der Waals surface area contributed by atoms with E-state index in [2.05, 4.69) is 54.5 Å². The maximum Gasteiger partial charge on any atom is 0.116 e. The summed E-state index contributed by atoms with van der Waals surface area (Å²) in [6.45, 7) is 0. The van der Waals surface area contributed by atoms with Gasteiger partial charge in [-0.1, -0.05) is 12.1 Å². The highest BCUT2D eigenvalue weighted by molar-refractivity contribution is 6.01. The Hall–Kier alpha value is -4.26. The van der Waals surface area contributed by atoms with Crippen molar-refractivity contribution in [3.8, 4) is 33.8 Å². The lowest BCUT2D eigenvalue weighted by Crippen LogP contribution is -1.84. The molecular formula is C23H17N7. The lowest BCUT2D eigenvalue weighted by molar-refractivity contribution is 0.768. The molecule has 1 aromatic carbocycles. The molecule has 6 rings (SSSR count). The minimum Gasteiger partial charge on any atom is -0.352 e. The monoisotopic (exact) mass is 391 g/mol. The van der Waals surface area contributed by atoms with Crippen LogP contribution in [0.15, 0.2) is 73.4 Å². The second-order valence-electron chi connectivity index (χ2n) is 7.28. The zero-order chi connectivity index (χ0) is 20.1. The number of aromatic nitrogens is 7. The standard InChI is InChI=1S/C23H17N7/c1-30-13-15(10-26-30)14-5-6-20-17(8-14)23(29-28-20)21-9-16-18(11-24-12-22(16)27-21)19-4-2-3-7-25-19/h2-13,27H,1H3,(H,28,29). The van der Waals surface area contributed by atoms with Gasteiger partial charge in [0.2, 0.25) is 0 Å². The zero-order valence-corrected chi connectivity index (χ0v) is 16.2. The summed E-state index contributed by atoms with van der Waals surface area (Å²) in [4.78, 5) is 12.4. The first-order valence-corrected chi connectivity index (χ1v) is 9.62. The molecule has 7 heteroatoms. The van der Waals surface area contributed by atoms with Gasteiger partial charge >= 0.3 is 0 Å². The second kappa shape index (κ2) is 6.38. The first-order valence-electron chi connectivity index (χ1n) is 9.62. The molecule has 0 saturated heterocycles. The van der Waals surface area contributed by atoms with E-state index in [0.29, 0.717) is 0 Å². The average Bonchev–Trinajstić information content (AvgIpc) is 3.50. The first kappa shape index (κ1) is 16.7. The Kier molecular flexibility index (Phi) is 3.55. The average molecular weight is 391 g/mol. The number of aromatic amines is 2. The Morgan fingerprint density at radius 2 is 1.87 bits per heavy atom. The predicted octanol–water partition coefficient (Wildman–Crippen LogP) is 4.57. The summed E-state index contributed by atoms with van der Waals surface area (Å²) in [6.07, 6.45) is 9.36. The summed E-state index contributed by atoms with van der Waals surface area (Å²) in [6, 6.07) is 14.3. The van der Waals surface area contributed by atoms with Crippen molar-refractivity contribution >= 4 is 21.8 Å². The lowest BCUT2D eigenvalue weighted by atomic mass is 10.0. The smallest absolute Gasteiger partial charge is 0.116 e. The van der Waals surface area contributed by atoms with Crippen LogP contribution in [-0.4, -0.2) is 34.9 Å². The van der Waals surface area contributed by atoms with Crippen LogP contribution >= 0.6 is 0 Å². The van der Waals surface area contributed by atoms with E-state index in [9.17, 15) is 0 Å². The van der Waals surface area contributed by atoms with Crippen LogP contribution in [0.4, 0.5) is 0 Å². The predicted molar refractivity (Wildman–Crippen MR) is 117 cm³/mol. The molecule has 0 aliphatic carbocycles. The Morgan fingerprint density at radius 1 is 0.900 bits per heavy atom. The van der Waals surface area contributed by atoms with Gasteiger partial charge in [-0.25, -0.2) is 0 Å².